The molecular formula is C15H19N3O3S. The summed E-state index contributed by atoms with van der Waals surface area (Å²) in [5, 5.41) is 11.9. The van der Waals surface area contributed by atoms with Crippen molar-refractivity contribution < 1.29 is 13.9 Å². The molecule has 2 unspecified atom stereocenters. The van der Waals surface area contributed by atoms with Crippen molar-refractivity contribution in [3.8, 4) is 11.5 Å². The van der Waals surface area contributed by atoms with E-state index in [4.69, 9.17) is 9.15 Å². The first-order chi connectivity index (χ1) is 10.6. The van der Waals surface area contributed by atoms with Crippen molar-refractivity contribution in [2.75, 3.05) is 13.1 Å². The van der Waals surface area contributed by atoms with Crippen molar-refractivity contribution in [2.24, 2.45) is 0 Å². The Bertz CT molecular complexity index is 616. The molecule has 22 heavy (non-hydrogen) atoms. The molecule has 0 radical (unpaired) electrons. The Balaban J connectivity index is 1.55. The summed E-state index contributed by atoms with van der Waals surface area (Å²) in [6.45, 7) is 5.27. The molecule has 0 aliphatic carbocycles. The zero-order chi connectivity index (χ0) is 15.5. The molecule has 118 valence electrons. The Morgan fingerprint density at radius 2 is 2.14 bits per heavy atom. The Kier molecular flexibility index (Phi) is 4.54. The summed E-state index contributed by atoms with van der Waals surface area (Å²) in [4.78, 5) is 14.1. The van der Waals surface area contributed by atoms with E-state index in [9.17, 15) is 4.79 Å². The Labute approximate surface area is 133 Å². The molecular weight excluding hydrogens is 302 g/mol. The molecule has 6 nitrogen and oxygen atoms in total. The number of amides is 1. The van der Waals surface area contributed by atoms with Crippen molar-refractivity contribution in [3.63, 3.8) is 0 Å². The SMILES string of the molecule is CC1CN(C(=O)CCc2nnc(-c3ccsc3)o2)CC(C)O1. The zero-order valence-corrected chi connectivity index (χ0v) is 13.5. The Morgan fingerprint density at radius 1 is 1.36 bits per heavy atom. The summed E-state index contributed by atoms with van der Waals surface area (Å²) in [6.07, 6.45) is 1.02. The fraction of sp³-hybridized carbons (Fsp3) is 0.533. The van der Waals surface area contributed by atoms with Crippen LogP contribution in [0.25, 0.3) is 11.5 Å². The average molecular weight is 321 g/mol. The number of morpholine rings is 1. The Morgan fingerprint density at radius 3 is 2.82 bits per heavy atom. The fourth-order valence-electron chi connectivity index (χ4n) is 2.61. The van der Waals surface area contributed by atoms with Crippen LogP contribution in [0.15, 0.2) is 21.2 Å². The summed E-state index contributed by atoms with van der Waals surface area (Å²) in [6, 6.07) is 1.93. The van der Waals surface area contributed by atoms with E-state index in [-0.39, 0.29) is 18.1 Å². The van der Waals surface area contributed by atoms with Crippen LogP contribution in [0.1, 0.15) is 26.2 Å². The molecule has 1 fully saturated rings. The lowest BCUT2D eigenvalue weighted by Gasteiger charge is -2.35. The van der Waals surface area contributed by atoms with Crippen molar-refractivity contribution >= 4 is 17.2 Å². The van der Waals surface area contributed by atoms with Crippen LogP contribution in [0.4, 0.5) is 0 Å². The second-order valence-corrected chi connectivity index (χ2v) is 6.35. The van der Waals surface area contributed by atoms with Gasteiger partial charge in [-0.15, -0.1) is 10.2 Å². The number of hydrogen-bond acceptors (Lipinski definition) is 6. The summed E-state index contributed by atoms with van der Waals surface area (Å²) in [5.41, 5.74) is 0.922. The maximum absolute atomic E-state index is 12.3. The number of carbonyl (C=O) groups excluding carboxylic acids is 1. The monoisotopic (exact) mass is 321 g/mol. The van der Waals surface area contributed by atoms with Gasteiger partial charge in [-0.1, -0.05) is 0 Å². The largest absolute Gasteiger partial charge is 0.421 e. The number of ether oxygens (including phenoxy) is 1. The zero-order valence-electron chi connectivity index (χ0n) is 12.7. The third-order valence-electron chi connectivity index (χ3n) is 3.56. The van der Waals surface area contributed by atoms with Crippen LogP contribution in [0.3, 0.4) is 0 Å². The van der Waals surface area contributed by atoms with E-state index in [1.807, 2.05) is 35.6 Å². The number of aryl methyl sites for hydroxylation is 1. The quantitative estimate of drug-likeness (QED) is 0.865. The van der Waals surface area contributed by atoms with Gasteiger partial charge in [0.05, 0.1) is 12.2 Å². The molecule has 1 saturated heterocycles. The minimum absolute atomic E-state index is 0.0845. The van der Waals surface area contributed by atoms with Crippen LogP contribution in [0.5, 0.6) is 0 Å². The minimum atomic E-state index is 0.0845. The molecule has 0 saturated carbocycles. The first-order valence-corrected chi connectivity index (χ1v) is 8.34. The van der Waals surface area contributed by atoms with Gasteiger partial charge in [0.2, 0.25) is 17.7 Å². The Hall–Kier alpha value is -1.73. The molecule has 1 amide bonds. The molecule has 3 rings (SSSR count). The molecule has 1 aliphatic heterocycles. The molecule has 0 spiro atoms. The van der Waals surface area contributed by atoms with Gasteiger partial charge in [-0.2, -0.15) is 11.3 Å². The van der Waals surface area contributed by atoms with Gasteiger partial charge in [-0.3, -0.25) is 4.79 Å². The van der Waals surface area contributed by atoms with Crippen molar-refractivity contribution in [1.29, 1.82) is 0 Å². The minimum Gasteiger partial charge on any atom is -0.421 e. The summed E-state index contributed by atoms with van der Waals surface area (Å²) < 4.78 is 11.2. The first-order valence-electron chi connectivity index (χ1n) is 7.40. The van der Waals surface area contributed by atoms with E-state index in [0.29, 0.717) is 37.7 Å². The van der Waals surface area contributed by atoms with Gasteiger partial charge in [0.1, 0.15) is 0 Å². The smallest absolute Gasteiger partial charge is 0.248 e. The number of aromatic nitrogens is 2. The van der Waals surface area contributed by atoms with Crippen LogP contribution < -0.4 is 0 Å². The van der Waals surface area contributed by atoms with Gasteiger partial charge >= 0.3 is 0 Å². The van der Waals surface area contributed by atoms with Crippen molar-refractivity contribution in [1.82, 2.24) is 15.1 Å². The second kappa shape index (κ2) is 6.58. The van der Waals surface area contributed by atoms with Gasteiger partial charge in [-0.25, -0.2) is 0 Å². The highest BCUT2D eigenvalue weighted by Crippen LogP contribution is 2.21. The van der Waals surface area contributed by atoms with Gasteiger partial charge in [-0.05, 0) is 25.3 Å². The van der Waals surface area contributed by atoms with Gasteiger partial charge in [0, 0.05) is 36.9 Å². The predicted octanol–water partition coefficient (Wildman–Crippen LogP) is 2.37. The molecule has 0 aromatic carbocycles. The number of rotatable bonds is 4. The van der Waals surface area contributed by atoms with Crippen molar-refractivity contribution in [3.05, 3.63) is 22.7 Å². The maximum Gasteiger partial charge on any atom is 0.248 e. The summed E-state index contributed by atoms with van der Waals surface area (Å²) in [7, 11) is 0. The molecule has 2 aromatic rings. The number of thiophene rings is 1. The standard InChI is InChI=1S/C15H19N3O3S/c1-10-7-18(8-11(2)20-10)14(19)4-3-13-16-17-15(21-13)12-5-6-22-9-12/h5-6,9-11H,3-4,7-8H2,1-2H3. The lowest BCUT2D eigenvalue weighted by Crippen LogP contribution is -2.48. The second-order valence-electron chi connectivity index (χ2n) is 5.57. The van der Waals surface area contributed by atoms with Crippen LogP contribution in [-0.2, 0) is 16.0 Å². The van der Waals surface area contributed by atoms with Gasteiger partial charge in [0.15, 0.2) is 0 Å². The predicted molar refractivity (Wildman–Crippen MR) is 82.5 cm³/mol. The molecule has 0 bridgehead atoms. The third kappa shape index (κ3) is 3.53. The van der Waals surface area contributed by atoms with E-state index in [1.54, 1.807) is 11.3 Å². The number of carbonyl (C=O) groups is 1. The van der Waals surface area contributed by atoms with Crippen LogP contribution >= 0.6 is 11.3 Å². The molecule has 3 heterocycles. The van der Waals surface area contributed by atoms with Crippen LogP contribution in [-0.4, -0.2) is 46.3 Å². The number of nitrogens with zero attached hydrogens (tertiary/aromatic N) is 3. The first kappa shape index (κ1) is 15.2. The van der Waals surface area contributed by atoms with E-state index < -0.39 is 0 Å². The fourth-order valence-corrected chi connectivity index (χ4v) is 3.24. The lowest BCUT2D eigenvalue weighted by atomic mass is 10.2. The summed E-state index contributed by atoms with van der Waals surface area (Å²) in [5.74, 6) is 1.12. The van der Waals surface area contributed by atoms with E-state index in [0.717, 1.165) is 5.56 Å². The van der Waals surface area contributed by atoms with Crippen molar-refractivity contribution in [2.45, 2.75) is 38.9 Å². The molecule has 1 aliphatic rings. The van der Waals surface area contributed by atoms with E-state index in [1.165, 1.54) is 0 Å². The lowest BCUT2D eigenvalue weighted by molar-refractivity contribution is -0.143. The van der Waals surface area contributed by atoms with Gasteiger partial charge in [0.25, 0.3) is 0 Å². The highest BCUT2D eigenvalue weighted by Gasteiger charge is 2.25. The molecule has 2 aromatic heterocycles. The average Bonchev–Trinajstić information content (AvgIpc) is 3.14. The van der Waals surface area contributed by atoms with E-state index >= 15 is 0 Å². The van der Waals surface area contributed by atoms with Gasteiger partial charge < -0.3 is 14.1 Å². The molecule has 2 atom stereocenters. The van der Waals surface area contributed by atoms with Crippen LogP contribution in [0, 0.1) is 0 Å². The highest BCUT2D eigenvalue weighted by molar-refractivity contribution is 7.08. The normalized spacial score (nSPS) is 22.0. The molecule has 7 heteroatoms. The maximum atomic E-state index is 12.3. The summed E-state index contributed by atoms with van der Waals surface area (Å²) >= 11 is 1.58. The number of hydrogen-bond donors (Lipinski definition) is 0. The van der Waals surface area contributed by atoms with Crippen LogP contribution in [0.2, 0.25) is 0 Å². The molecule has 0 N–H and O–H groups in total. The van der Waals surface area contributed by atoms with E-state index in [2.05, 4.69) is 10.2 Å². The topological polar surface area (TPSA) is 68.5 Å². The highest BCUT2D eigenvalue weighted by atomic mass is 32.1. The third-order valence-corrected chi connectivity index (χ3v) is 4.24.